The van der Waals surface area contributed by atoms with Crippen molar-refractivity contribution in [2.45, 2.75) is 13.8 Å². The SMILES string of the molecule is Cc1ccc(Nc2ncnc3ccsc23)c(C)c1. The number of nitrogens with zero attached hydrogens (tertiary/aromatic N) is 2. The fraction of sp³-hybridized carbons (Fsp3) is 0.143. The zero-order valence-corrected chi connectivity index (χ0v) is 11.1. The number of nitrogens with one attached hydrogen (secondary N) is 1. The van der Waals surface area contributed by atoms with Crippen LogP contribution in [0, 0.1) is 13.8 Å². The molecule has 0 aliphatic heterocycles. The van der Waals surface area contributed by atoms with Gasteiger partial charge in [0.15, 0.2) is 5.82 Å². The number of benzene rings is 1. The van der Waals surface area contributed by atoms with Crippen molar-refractivity contribution in [1.82, 2.24) is 9.97 Å². The highest BCUT2D eigenvalue weighted by Crippen LogP contribution is 2.28. The molecule has 2 heterocycles. The van der Waals surface area contributed by atoms with Crippen LogP contribution in [-0.2, 0) is 0 Å². The Bertz CT molecular complexity index is 703. The van der Waals surface area contributed by atoms with Crippen molar-refractivity contribution in [3.63, 3.8) is 0 Å². The van der Waals surface area contributed by atoms with Crippen molar-refractivity contribution in [3.05, 3.63) is 47.1 Å². The maximum absolute atomic E-state index is 4.33. The number of rotatable bonds is 2. The minimum absolute atomic E-state index is 0.877. The van der Waals surface area contributed by atoms with Gasteiger partial charge in [0.25, 0.3) is 0 Å². The largest absolute Gasteiger partial charge is 0.339 e. The lowest BCUT2D eigenvalue weighted by molar-refractivity contribution is 1.22. The Hall–Kier alpha value is -1.94. The number of hydrogen-bond acceptors (Lipinski definition) is 4. The van der Waals surface area contributed by atoms with E-state index in [1.807, 2.05) is 11.4 Å². The molecule has 0 bridgehead atoms. The van der Waals surface area contributed by atoms with Crippen molar-refractivity contribution in [2.24, 2.45) is 0 Å². The first-order valence-electron chi connectivity index (χ1n) is 5.76. The topological polar surface area (TPSA) is 37.8 Å². The van der Waals surface area contributed by atoms with Gasteiger partial charge in [0.2, 0.25) is 0 Å². The van der Waals surface area contributed by atoms with Gasteiger partial charge in [-0.05, 0) is 36.9 Å². The zero-order valence-electron chi connectivity index (χ0n) is 10.3. The highest BCUT2D eigenvalue weighted by molar-refractivity contribution is 7.17. The summed E-state index contributed by atoms with van der Waals surface area (Å²) in [5, 5.41) is 5.42. The number of thiophene rings is 1. The standard InChI is InChI=1S/C14H13N3S/c1-9-3-4-11(10(2)7-9)17-14-13-12(5-6-18-13)15-8-16-14/h3-8H,1-2H3,(H,15,16,17). The monoisotopic (exact) mass is 255 g/mol. The summed E-state index contributed by atoms with van der Waals surface area (Å²) in [6, 6.07) is 8.36. The fourth-order valence-corrected chi connectivity index (χ4v) is 2.75. The van der Waals surface area contributed by atoms with Crippen LogP contribution in [0.4, 0.5) is 11.5 Å². The van der Waals surface area contributed by atoms with E-state index in [9.17, 15) is 0 Å². The van der Waals surface area contributed by atoms with Crippen molar-refractivity contribution in [3.8, 4) is 0 Å². The van der Waals surface area contributed by atoms with Crippen LogP contribution in [0.5, 0.6) is 0 Å². The molecule has 0 saturated carbocycles. The summed E-state index contributed by atoms with van der Waals surface area (Å²) in [7, 11) is 0. The highest BCUT2D eigenvalue weighted by atomic mass is 32.1. The van der Waals surface area contributed by atoms with E-state index in [2.05, 4.69) is 47.3 Å². The Morgan fingerprint density at radius 3 is 2.83 bits per heavy atom. The average Bonchev–Trinajstić information content (AvgIpc) is 2.82. The van der Waals surface area contributed by atoms with Crippen molar-refractivity contribution >= 4 is 33.1 Å². The van der Waals surface area contributed by atoms with Crippen LogP contribution in [-0.4, -0.2) is 9.97 Å². The summed E-state index contributed by atoms with van der Waals surface area (Å²) in [4.78, 5) is 8.57. The maximum atomic E-state index is 4.33. The highest BCUT2D eigenvalue weighted by Gasteiger charge is 2.06. The molecule has 0 spiro atoms. The molecule has 0 radical (unpaired) electrons. The van der Waals surface area contributed by atoms with Crippen molar-refractivity contribution in [1.29, 1.82) is 0 Å². The molecule has 18 heavy (non-hydrogen) atoms. The van der Waals surface area contributed by atoms with Crippen LogP contribution >= 0.6 is 11.3 Å². The van der Waals surface area contributed by atoms with Gasteiger partial charge in [-0.2, -0.15) is 0 Å². The molecule has 3 aromatic rings. The predicted octanol–water partition coefficient (Wildman–Crippen LogP) is 4.05. The predicted molar refractivity (Wildman–Crippen MR) is 76.6 cm³/mol. The van der Waals surface area contributed by atoms with Gasteiger partial charge < -0.3 is 5.32 Å². The molecule has 0 amide bonds. The number of aryl methyl sites for hydroxylation is 2. The lowest BCUT2D eigenvalue weighted by Crippen LogP contribution is -1.96. The molecule has 0 atom stereocenters. The van der Waals surface area contributed by atoms with E-state index < -0.39 is 0 Å². The van der Waals surface area contributed by atoms with Gasteiger partial charge >= 0.3 is 0 Å². The minimum atomic E-state index is 0.877. The van der Waals surface area contributed by atoms with Gasteiger partial charge in [0.1, 0.15) is 6.33 Å². The van der Waals surface area contributed by atoms with E-state index in [1.165, 1.54) is 11.1 Å². The first-order valence-corrected chi connectivity index (χ1v) is 6.64. The van der Waals surface area contributed by atoms with Crippen LogP contribution < -0.4 is 5.32 Å². The number of hydrogen-bond donors (Lipinski definition) is 1. The number of fused-ring (bicyclic) bond motifs is 1. The quantitative estimate of drug-likeness (QED) is 0.750. The molecule has 1 N–H and O–H groups in total. The van der Waals surface area contributed by atoms with E-state index in [4.69, 9.17) is 0 Å². The summed E-state index contributed by atoms with van der Waals surface area (Å²) >= 11 is 1.65. The first kappa shape index (κ1) is 11.2. The molecular formula is C14H13N3S. The molecule has 0 aliphatic carbocycles. The van der Waals surface area contributed by atoms with Gasteiger partial charge in [-0.3, -0.25) is 0 Å². The molecule has 3 rings (SSSR count). The van der Waals surface area contributed by atoms with Crippen molar-refractivity contribution in [2.75, 3.05) is 5.32 Å². The van der Waals surface area contributed by atoms with Crippen LogP contribution in [0.2, 0.25) is 0 Å². The second-order valence-corrected chi connectivity index (χ2v) is 5.22. The Morgan fingerprint density at radius 2 is 2.00 bits per heavy atom. The molecular weight excluding hydrogens is 242 g/mol. The summed E-state index contributed by atoms with van der Waals surface area (Å²) in [5.41, 5.74) is 4.57. The van der Waals surface area contributed by atoms with Gasteiger partial charge in [-0.15, -0.1) is 11.3 Å². The molecule has 0 aliphatic rings. The van der Waals surface area contributed by atoms with E-state index in [1.54, 1.807) is 17.7 Å². The number of anilines is 2. The van der Waals surface area contributed by atoms with Gasteiger partial charge in [-0.25, -0.2) is 9.97 Å². The number of aromatic nitrogens is 2. The summed E-state index contributed by atoms with van der Waals surface area (Å²) in [5.74, 6) is 0.877. The lowest BCUT2D eigenvalue weighted by atomic mass is 10.1. The normalized spacial score (nSPS) is 10.8. The third-order valence-electron chi connectivity index (χ3n) is 2.88. The summed E-state index contributed by atoms with van der Waals surface area (Å²) in [6.07, 6.45) is 1.60. The van der Waals surface area contributed by atoms with E-state index in [-0.39, 0.29) is 0 Å². The molecule has 0 unspecified atom stereocenters. The Morgan fingerprint density at radius 1 is 1.11 bits per heavy atom. The molecule has 2 aromatic heterocycles. The Kier molecular flexibility index (Phi) is 2.72. The fourth-order valence-electron chi connectivity index (χ4n) is 1.96. The summed E-state index contributed by atoms with van der Waals surface area (Å²) in [6.45, 7) is 4.20. The zero-order chi connectivity index (χ0) is 12.5. The molecule has 1 aromatic carbocycles. The second kappa shape index (κ2) is 4.38. The van der Waals surface area contributed by atoms with E-state index in [0.717, 1.165) is 21.7 Å². The third kappa shape index (κ3) is 1.95. The van der Waals surface area contributed by atoms with Gasteiger partial charge in [-0.1, -0.05) is 17.7 Å². The lowest BCUT2D eigenvalue weighted by Gasteiger charge is -2.09. The molecule has 0 fully saturated rings. The van der Waals surface area contributed by atoms with Gasteiger partial charge in [0, 0.05) is 5.69 Å². The van der Waals surface area contributed by atoms with Crippen LogP contribution in [0.15, 0.2) is 36.0 Å². The minimum Gasteiger partial charge on any atom is -0.339 e. The third-order valence-corrected chi connectivity index (χ3v) is 3.79. The average molecular weight is 255 g/mol. The van der Waals surface area contributed by atoms with Crippen LogP contribution in [0.3, 0.4) is 0 Å². The second-order valence-electron chi connectivity index (χ2n) is 4.30. The first-order chi connectivity index (χ1) is 8.74. The molecule has 0 saturated heterocycles. The van der Waals surface area contributed by atoms with E-state index in [0.29, 0.717) is 0 Å². The molecule has 3 nitrogen and oxygen atoms in total. The molecule has 4 heteroatoms. The Labute approximate surface area is 110 Å². The van der Waals surface area contributed by atoms with Gasteiger partial charge in [0.05, 0.1) is 10.2 Å². The van der Waals surface area contributed by atoms with Crippen LogP contribution in [0.25, 0.3) is 10.2 Å². The van der Waals surface area contributed by atoms with Crippen LogP contribution in [0.1, 0.15) is 11.1 Å². The smallest absolute Gasteiger partial charge is 0.151 e. The maximum Gasteiger partial charge on any atom is 0.151 e. The molecule has 90 valence electrons. The van der Waals surface area contributed by atoms with E-state index >= 15 is 0 Å². The van der Waals surface area contributed by atoms with Crippen molar-refractivity contribution < 1.29 is 0 Å². The Balaban J connectivity index is 2.03. The summed E-state index contributed by atoms with van der Waals surface area (Å²) < 4.78 is 1.09.